The minimum absolute atomic E-state index is 0.384. The molecule has 0 saturated heterocycles. The van der Waals surface area contributed by atoms with Crippen molar-refractivity contribution < 1.29 is 4.42 Å². The number of rotatable bonds is 3. The molecular formula is C11H13ClN2O. The van der Waals surface area contributed by atoms with Crippen molar-refractivity contribution in [3.63, 3.8) is 0 Å². The van der Waals surface area contributed by atoms with Gasteiger partial charge < -0.3 is 4.42 Å². The topological polar surface area (TPSA) is 41.8 Å². The van der Waals surface area contributed by atoms with Crippen molar-refractivity contribution in [2.75, 3.05) is 0 Å². The standard InChI is InChI=1S/C11H13ClN2O/c1-7(2)10-8(6-12)11(14-13-10)9-4-3-5-15-9/h3-5,7H,6H2,1-2H3,(H,13,14). The lowest BCUT2D eigenvalue weighted by Gasteiger charge is -2.03. The second-order valence-electron chi connectivity index (χ2n) is 3.73. The normalized spacial score (nSPS) is 11.2. The summed E-state index contributed by atoms with van der Waals surface area (Å²) in [6.07, 6.45) is 1.64. The fraction of sp³-hybridized carbons (Fsp3) is 0.364. The zero-order valence-corrected chi connectivity index (χ0v) is 9.51. The van der Waals surface area contributed by atoms with Crippen molar-refractivity contribution in [1.29, 1.82) is 0 Å². The summed E-state index contributed by atoms with van der Waals surface area (Å²) in [6, 6.07) is 3.73. The first kappa shape index (κ1) is 10.3. The molecule has 0 aliphatic carbocycles. The van der Waals surface area contributed by atoms with Gasteiger partial charge in [-0.25, -0.2) is 0 Å². The number of aromatic nitrogens is 2. The van der Waals surface area contributed by atoms with Crippen LogP contribution in [0.4, 0.5) is 0 Å². The number of H-pyrrole nitrogens is 1. The molecule has 0 aliphatic rings. The van der Waals surface area contributed by atoms with Crippen LogP contribution in [0.5, 0.6) is 0 Å². The highest BCUT2D eigenvalue weighted by atomic mass is 35.5. The van der Waals surface area contributed by atoms with Crippen molar-refractivity contribution >= 4 is 11.6 Å². The molecule has 4 heteroatoms. The summed E-state index contributed by atoms with van der Waals surface area (Å²) in [7, 11) is 0. The molecule has 0 aliphatic heterocycles. The molecule has 1 N–H and O–H groups in total. The van der Waals surface area contributed by atoms with Gasteiger partial charge in [-0.1, -0.05) is 13.8 Å². The van der Waals surface area contributed by atoms with Crippen LogP contribution < -0.4 is 0 Å². The summed E-state index contributed by atoms with van der Waals surface area (Å²) in [5, 5.41) is 7.27. The van der Waals surface area contributed by atoms with Crippen LogP contribution in [0, 0.1) is 0 Å². The first-order valence-electron chi connectivity index (χ1n) is 4.91. The van der Waals surface area contributed by atoms with Gasteiger partial charge in [0.1, 0.15) is 5.69 Å². The van der Waals surface area contributed by atoms with Gasteiger partial charge in [0.25, 0.3) is 0 Å². The zero-order valence-electron chi connectivity index (χ0n) is 8.75. The smallest absolute Gasteiger partial charge is 0.154 e. The number of hydrogen-bond acceptors (Lipinski definition) is 2. The number of halogens is 1. The third-order valence-electron chi connectivity index (χ3n) is 2.36. The van der Waals surface area contributed by atoms with E-state index in [2.05, 4.69) is 24.0 Å². The van der Waals surface area contributed by atoms with E-state index in [4.69, 9.17) is 16.0 Å². The van der Waals surface area contributed by atoms with Crippen LogP contribution in [0.1, 0.15) is 31.0 Å². The highest BCUT2D eigenvalue weighted by molar-refractivity contribution is 6.17. The number of hydrogen-bond donors (Lipinski definition) is 1. The van der Waals surface area contributed by atoms with Gasteiger partial charge in [0, 0.05) is 11.3 Å². The van der Waals surface area contributed by atoms with E-state index in [9.17, 15) is 0 Å². The summed E-state index contributed by atoms with van der Waals surface area (Å²) in [5.41, 5.74) is 2.93. The molecule has 2 heterocycles. The van der Waals surface area contributed by atoms with Crippen molar-refractivity contribution in [3.05, 3.63) is 29.7 Å². The van der Waals surface area contributed by atoms with Crippen LogP contribution in [0.2, 0.25) is 0 Å². The monoisotopic (exact) mass is 224 g/mol. The van der Waals surface area contributed by atoms with Crippen LogP contribution in [0.15, 0.2) is 22.8 Å². The van der Waals surface area contributed by atoms with Crippen LogP contribution in [0.3, 0.4) is 0 Å². The zero-order chi connectivity index (χ0) is 10.8. The number of alkyl halides is 1. The van der Waals surface area contributed by atoms with E-state index in [1.807, 2.05) is 12.1 Å². The summed E-state index contributed by atoms with van der Waals surface area (Å²) in [4.78, 5) is 0. The van der Waals surface area contributed by atoms with Crippen molar-refractivity contribution in [1.82, 2.24) is 10.2 Å². The van der Waals surface area contributed by atoms with Crippen LogP contribution >= 0.6 is 11.6 Å². The first-order valence-corrected chi connectivity index (χ1v) is 5.44. The van der Waals surface area contributed by atoms with Gasteiger partial charge in [0.15, 0.2) is 5.76 Å². The largest absolute Gasteiger partial charge is 0.463 e. The Kier molecular flexibility index (Phi) is 2.82. The average Bonchev–Trinajstić information content (AvgIpc) is 2.85. The van der Waals surface area contributed by atoms with E-state index >= 15 is 0 Å². The third-order valence-corrected chi connectivity index (χ3v) is 2.63. The Morgan fingerprint density at radius 2 is 2.33 bits per heavy atom. The first-order chi connectivity index (χ1) is 7.24. The predicted molar refractivity (Wildman–Crippen MR) is 59.9 cm³/mol. The highest BCUT2D eigenvalue weighted by Gasteiger charge is 2.17. The highest BCUT2D eigenvalue weighted by Crippen LogP contribution is 2.29. The maximum Gasteiger partial charge on any atom is 0.154 e. The van der Waals surface area contributed by atoms with E-state index in [0.29, 0.717) is 11.8 Å². The number of furan rings is 1. The van der Waals surface area contributed by atoms with Gasteiger partial charge in [0.2, 0.25) is 0 Å². The maximum atomic E-state index is 5.94. The van der Waals surface area contributed by atoms with E-state index in [1.54, 1.807) is 6.26 Å². The molecule has 0 fully saturated rings. The molecule has 0 bridgehead atoms. The summed E-state index contributed by atoms with van der Waals surface area (Å²) in [6.45, 7) is 4.21. The molecule has 2 rings (SSSR count). The van der Waals surface area contributed by atoms with Crippen LogP contribution in [-0.2, 0) is 5.88 Å². The molecule has 0 spiro atoms. The summed E-state index contributed by atoms with van der Waals surface area (Å²) < 4.78 is 5.31. The minimum Gasteiger partial charge on any atom is -0.463 e. The van der Waals surface area contributed by atoms with Gasteiger partial charge in [-0.15, -0.1) is 11.6 Å². The second-order valence-corrected chi connectivity index (χ2v) is 4.00. The lowest BCUT2D eigenvalue weighted by molar-refractivity contribution is 0.579. The van der Waals surface area contributed by atoms with E-state index in [-0.39, 0.29) is 0 Å². The van der Waals surface area contributed by atoms with Crippen LogP contribution in [0.25, 0.3) is 11.5 Å². The second kappa shape index (κ2) is 4.11. The molecule has 0 saturated carbocycles. The van der Waals surface area contributed by atoms with Crippen molar-refractivity contribution in [3.8, 4) is 11.5 Å². The third kappa shape index (κ3) is 1.79. The van der Waals surface area contributed by atoms with Gasteiger partial charge in [-0.05, 0) is 18.1 Å². The molecule has 0 unspecified atom stereocenters. The Hall–Kier alpha value is -1.22. The number of nitrogens with zero attached hydrogens (tertiary/aromatic N) is 1. The molecule has 0 radical (unpaired) electrons. The molecule has 15 heavy (non-hydrogen) atoms. The van der Waals surface area contributed by atoms with E-state index in [1.165, 1.54) is 0 Å². The maximum absolute atomic E-state index is 5.94. The van der Waals surface area contributed by atoms with Gasteiger partial charge in [0.05, 0.1) is 12.1 Å². The lowest BCUT2D eigenvalue weighted by Crippen LogP contribution is -1.92. The van der Waals surface area contributed by atoms with Crippen molar-refractivity contribution in [2.24, 2.45) is 0 Å². The minimum atomic E-state index is 0.384. The fourth-order valence-electron chi connectivity index (χ4n) is 1.61. The van der Waals surface area contributed by atoms with E-state index < -0.39 is 0 Å². The summed E-state index contributed by atoms with van der Waals surface area (Å²) >= 11 is 5.94. The quantitative estimate of drug-likeness (QED) is 0.811. The molecule has 2 aromatic heterocycles. The lowest BCUT2D eigenvalue weighted by atomic mass is 10.0. The Morgan fingerprint density at radius 3 is 2.87 bits per heavy atom. The molecule has 0 atom stereocenters. The molecule has 2 aromatic rings. The molecule has 0 aromatic carbocycles. The Bertz CT molecular complexity index is 431. The van der Waals surface area contributed by atoms with E-state index in [0.717, 1.165) is 22.7 Å². The van der Waals surface area contributed by atoms with Gasteiger partial charge >= 0.3 is 0 Å². The van der Waals surface area contributed by atoms with Gasteiger partial charge in [-0.3, -0.25) is 5.10 Å². The number of nitrogens with one attached hydrogen (secondary N) is 1. The summed E-state index contributed by atoms with van der Waals surface area (Å²) in [5.74, 6) is 1.59. The molecule has 0 amide bonds. The Labute approximate surface area is 93.4 Å². The number of aromatic amines is 1. The average molecular weight is 225 g/mol. The van der Waals surface area contributed by atoms with Crippen molar-refractivity contribution in [2.45, 2.75) is 25.6 Å². The molecule has 3 nitrogen and oxygen atoms in total. The Morgan fingerprint density at radius 1 is 1.53 bits per heavy atom. The molecular weight excluding hydrogens is 212 g/mol. The Balaban J connectivity index is 2.49. The SMILES string of the molecule is CC(C)c1[nH]nc(-c2ccco2)c1CCl. The predicted octanol–water partition coefficient (Wildman–Crippen LogP) is 3.53. The van der Waals surface area contributed by atoms with Gasteiger partial charge in [-0.2, -0.15) is 5.10 Å². The van der Waals surface area contributed by atoms with Crippen LogP contribution in [-0.4, -0.2) is 10.2 Å². The fourth-order valence-corrected chi connectivity index (χ4v) is 1.88. The molecule has 80 valence electrons.